The van der Waals surface area contributed by atoms with Crippen LogP contribution in [0.3, 0.4) is 0 Å². The van der Waals surface area contributed by atoms with Crippen LogP contribution in [0.1, 0.15) is 17.5 Å². The molecule has 1 fully saturated rings. The topological polar surface area (TPSA) is 95.6 Å². The lowest BCUT2D eigenvalue weighted by atomic mass is 10.1. The summed E-state index contributed by atoms with van der Waals surface area (Å²) in [6, 6.07) is 15.4. The SMILES string of the molecule is Cc1ccc(/C=C2\SC(=S)N(CCC(=O)NNS(=O)(=O)c3ccccc3)C2=O)cc1. The number of rotatable bonds is 7. The first kappa shape index (κ1) is 22.2. The molecule has 1 saturated heterocycles. The second-order valence-electron chi connectivity index (χ2n) is 6.46. The molecule has 0 atom stereocenters. The number of thioether (sulfide) groups is 1. The van der Waals surface area contributed by atoms with Crippen LogP contribution < -0.4 is 10.3 Å². The predicted molar refractivity (Wildman–Crippen MR) is 121 cm³/mol. The van der Waals surface area contributed by atoms with Crippen LogP contribution in [0, 0.1) is 6.92 Å². The summed E-state index contributed by atoms with van der Waals surface area (Å²) in [6.45, 7) is 2.03. The average Bonchev–Trinajstić information content (AvgIpc) is 3.00. The number of amides is 2. The van der Waals surface area contributed by atoms with Gasteiger partial charge < -0.3 is 0 Å². The fourth-order valence-electron chi connectivity index (χ4n) is 2.57. The van der Waals surface area contributed by atoms with Gasteiger partial charge in [0.15, 0.2) is 0 Å². The quantitative estimate of drug-likeness (QED) is 0.374. The molecule has 10 heteroatoms. The Labute approximate surface area is 184 Å². The van der Waals surface area contributed by atoms with E-state index in [-0.39, 0.29) is 23.8 Å². The van der Waals surface area contributed by atoms with E-state index in [1.54, 1.807) is 24.3 Å². The lowest BCUT2D eigenvalue weighted by Crippen LogP contribution is -2.43. The normalized spacial score (nSPS) is 15.6. The van der Waals surface area contributed by atoms with Gasteiger partial charge in [-0.15, -0.1) is 4.83 Å². The highest BCUT2D eigenvalue weighted by atomic mass is 32.2. The van der Waals surface area contributed by atoms with E-state index in [9.17, 15) is 18.0 Å². The number of nitrogens with zero attached hydrogens (tertiary/aromatic N) is 1. The summed E-state index contributed by atoms with van der Waals surface area (Å²) in [7, 11) is -3.86. The molecule has 0 radical (unpaired) electrons. The van der Waals surface area contributed by atoms with Crippen LogP contribution in [-0.4, -0.2) is 36.0 Å². The van der Waals surface area contributed by atoms with Crippen LogP contribution in [0.25, 0.3) is 6.08 Å². The Balaban J connectivity index is 1.55. The monoisotopic (exact) mass is 461 g/mol. The molecular formula is C20H19N3O4S3. The van der Waals surface area contributed by atoms with Crippen molar-refractivity contribution in [2.24, 2.45) is 0 Å². The Morgan fingerprint density at radius 3 is 2.47 bits per heavy atom. The first-order chi connectivity index (χ1) is 14.3. The summed E-state index contributed by atoms with van der Waals surface area (Å²) in [5, 5.41) is 0. The maximum Gasteiger partial charge on any atom is 0.266 e. The van der Waals surface area contributed by atoms with Crippen LogP contribution in [0.15, 0.2) is 64.4 Å². The van der Waals surface area contributed by atoms with Gasteiger partial charge in [0, 0.05) is 13.0 Å². The minimum absolute atomic E-state index is 0.0310. The van der Waals surface area contributed by atoms with Crippen LogP contribution in [-0.2, 0) is 19.6 Å². The van der Waals surface area contributed by atoms with Crippen molar-refractivity contribution in [1.29, 1.82) is 0 Å². The van der Waals surface area contributed by atoms with E-state index >= 15 is 0 Å². The third-order valence-electron chi connectivity index (χ3n) is 4.19. The highest BCUT2D eigenvalue weighted by Gasteiger charge is 2.32. The van der Waals surface area contributed by atoms with Gasteiger partial charge >= 0.3 is 0 Å². The van der Waals surface area contributed by atoms with E-state index in [2.05, 4.69) is 5.43 Å². The molecule has 2 amide bonds. The van der Waals surface area contributed by atoms with E-state index in [0.717, 1.165) is 11.1 Å². The molecule has 2 N–H and O–H groups in total. The van der Waals surface area contributed by atoms with Gasteiger partial charge in [-0.05, 0) is 30.7 Å². The summed E-state index contributed by atoms with van der Waals surface area (Å²) in [4.78, 5) is 28.6. The van der Waals surface area contributed by atoms with Crippen molar-refractivity contribution >= 4 is 56.2 Å². The molecule has 0 aromatic heterocycles. The van der Waals surface area contributed by atoms with Gasteiger partial charge in [0.1, 0.15) is 4.32 Å². The number of hydrogen-bond acceptors (Lipinski definition) is 6. The van der Waals surface area contributed by atoms with Crippen molar-refractivity contribution in [2.75, 3.05) is 6.54 Å². The van der Waals surface area contributed by atoms with Crippen molar-refractivity contribution in [1.82, 2.24) is 15.2 Å². The summed E-state index contributed by atoms with van der Waals surface area (Å²) in [6.07, 6.45) is 1.65. The minimum Gasteiger partial charge on any atom is -0.292 e. The van der Waals surface area contributed by atoms with Crippen molar-refractivity contribution < 1.29 is 18.0 Å². The van der Waals surface area contributed by atoms with Gasteiger partial charge in [0.25, 0.3) is 15.9 Å². The first-order valence-electron chi connectivity index (χ1n) is 8.94. The summed E-state index contributed by atoms with van der Waals surface area (Å²) < 4.78 is 24.6. The summed E-state index contributed by atoms with van der Waals surface area (Å²) in [5.74, 6) is -0.852. The fraction of sp³-hybridized carbons (Fsp3) is 0.150. The number of hydrazine groups is 1. The molecule has 0 unspecified atom stereocenters. The number of thiocarbonyl (C=S) groups is 1. The lowest BCUT2D eigenvalue weighted by molar-refractivity contribution is -0.124. The molecule has 2 aromatic carbocycles. The standard InChI is InChI=1S/C20H19N3O4S3/c1-14-7-9-15(10-8-14)13-17-19(25)23(20(28)29-17)12-11-18(24)21-22-30(26,27)16-5-3-2-4-6-16/h2-10,13,22H,11-12H2,1H3,(H,21,24)/b17-13-. The third kappa shape index (κ3) is 5.54. The summed E-state index contributed by atoms with van der Waals surface area (Å²) >= 11 is 6.43. The molecule has 7 nitrogen and oxygen atoms in total. The van der Waals surface area contributed by atoms with Gasteiger partial charge in [-0.25, -0.2) is 8.42 Å². The van der Waals surface area contributed by atoms with Gasteiger partial charge in [-0.2, -0.15) is 0 Å². The summed E-state index contributed by atoms with van der Waals surface area (Å²) in [5.41, 5.74) is 4.15. The zero-order valence-electron chi connectivity index (χ0n) is 16.0. The predicted octanol–water partition coefficient (Wildman–Crippen LogP) is 2.60. The molecule has 2 aromatic rings. The maximum atomic E-state index is 12.6. The van der Waals surface area contributed by atoms with Gasteiger partial charge in [0.05, 0.1) is 9.80 Å². The minimum atomic E-state index is -3.86. The number of carbonyl (C=O) groups is 2. The second kappa shape index (κ2) is 9.52. The second-order valence-corrected chi connectivity index (χ2v) is 9.82. The number of benzene rings is 2. The average molecular weight is 462 g/mol. The van der Waals surface area contributed by atoms with Gasteiger partial charge in [0.2, 0.25) is 5.91 Å². The van der Waals surface area contributed by atoms with Crippen molar-refractivity contribution in [3.8, 4) is 0 Å². The van der Waals surface area contributed by atoms with Gasteiger partial charge in [-0.3, -0.25) is 19.9 Å². The molecule has 3 rings (SSSR count). The van der Waals surface area contributed by atoms with Crippen molar-refractivity contribution in [2.45, 2.75) is 18.2 Å². The molecule has 30 heavy (non-hydrogen) atoms. The van der Waals surface area contributed by atoms with Gasteiger partial charge in [-0.1, -0.05) is 72.0 Å². The van der Waals surface area contributed by atoms with Crippen LogP contribution in [0.5, 0.6) is 0 Å². The van der Waals surface area contributed by atoms with E-state index in [1.807, 2.05) is 36.0 Å². The molecule has 0 bridgehead atoms. The largest absolute Gasteiger partial charge is 0.292 e. The zero-order valence-corrected chi connectivity index (χ0v) is 18.4. The molecule has 0 aliphatic carbocycles. The van der Waals surface area contributed by atoms with E-state index in [4.69, 9.17) is 12.2 Å². The fourth-order valence-corrected chi connectivity index (χ4v) is 4.76. The van der Waals surface area contributed by atoms with Crippen LogP contribution in [0.2, 0.25) is 0 Å². The number of sulfonamides is 1. The number of hydrogen-bond donors (Lipinski definition) is 2. The third-order valence-corrected chi connectivity index (χ3v) is 6.83. The Bertz CT molecular complexity index is 1100. The highest BCUT2D eigenvalue weighted by molar-refractivity contribution is 8.26. The Morgan fingerprint density at radius 2 is 1.80 bits per heavy atom. The lowest BCUT2D eigenvalue weighted by Gasteiger charge is -2.14. The molecule has 0 saturated carbocycles. The van der Waals surface area contributed by atoms with Crippen molar-refractivity contribution in [3.63, 3.8) is 0 Å². The maximum absolute atomic E-state index is 12.6. The van der Waals surface area contributed by atoms with E-state index in [0.29, 0.717) is 9.23 Å². The Kier molecular flexibility index (Phi) is 7.03. The smallest absolute Gasteiger partial charge is 0.266 e. The highest BCUT2D eigenvalue weighted by Crippen LogP contribution is 2.32. The number of carbonyl (C=O) groups excluding carboxylic acids is 2. The number of nitrogens with one attached hydrogen (secondary N) is 2. The number of aryl methyl sites for hydroxylation is 1. The zero-order chi connectivity index (χ0) is 21.7. The molecule has 156 valence electrons. The molecule has 1 heterocycles. The Hall–Kier alpha value is -2.53. The first-order valence-corrected chi connectivity index (χ1v) is 11.6. The van der Waals surface area contributed by atoms with Crippen molar-refractivity contribution in [3.05, 3.63) is 70.6 Å². The molecular weight excluding hydrogens is 442 g/mol. The van der Waals surface area contributed by atoms with Crippen LogP contribution in [0.4, 0.5) is 0 Å². The van der Waals surface area contributed by atoms with E-state index < -0.39 is 15.9 Å². The molecule has 0 spiro atoms. The molecule has 1 aliphatic heterocycles. The Morgan fingerprint density at radius 1 is 1.13 bits per heavy atom. The van der Waals surface area contributed by atoms with E-state index in [1.165, 1.54) is 28.8 Å². The molecule has 1 aliphatic rings. The van der Waals surface area contributed by atoms with Crippen LogP contribution >= 0.6 is 24.0 Å².